The molecule has 9 nitrogen and oxygen atoms in total. The van der Waals surface area contributed by atoms with E-state index in [1.807, 2.05) is 11.8 Å². The first kappa shape index (κ1) is 23.1. The highest BCUT2D eigenvalue weighted by atomic mass is 19.4. The van der Waals surface area contributed by atoms with Crippen molar-refractivity contribution < 1.29 is 18.3 Å². The summed E-state index contributed by atoms with van der Waals surface area (Å²) in [5.41, 5.74) is 0.607. The highest BCUT2D eigenvalue weighted by molar-refractivity contribution is 5.76. The summed E-state index contributed by atoms with van der Waals surface area (Å²) < 4.78 is 42.1. The maximum absolute atomic E-state index is 13.2. The maximum atomic E-state index is 13.2. The molecule has 0 aliphatic carbocycles. The molecule has 12 heteroatoms. The van der Waals surface area contributed by atoms with Gasteiger partial charge in [-0.3, -0.25) is 14.0 Å². The number of hydrogen-bond acceptors (Lipinski definition) is 6. The lowest BCUT2D eigenvalue weighted by molar-refractivity contribution is -0.137. The molecule has 2 N–H and O–H groups in total. The number of aromatic nitrogens is 6. The SMILES string of the molecule is CCCn1c(N2CCC(O)C2)nc2nc(-c3cnn(Cc4cccc(C(F)(F)F)c4)c3)[nH]c2c1=O. The second-order valence-electron chi connectivity index (χ2n) is 8.67. The van der Waals surface area contributed by atoms with Crippen LogP contribution in [0, 0.1) is 0 Å². The topological polar surface area (TPSA) is 105 Å². The quantitative estimate of drug-likeness (QED) is 0.433. The Balaban J connectivity index is 1.46. The van der Waals surface area contributed by atoms with E-state index >= 15 is 0 Å². The zero-order chi connectivity index (χ0) is 24.7. The molecule has 0 saturated carbocycles. The number of H-pyrrole nitrogens is 1. The molecule has 1 aromatic carbocycles. The molecule has 0 amide bonds. The summed E-state index contributed by atoms with van der Waals surface area (Å²) in [4.78, 5) is 27.3. The van der Waals surface area contributed by atoms with Crippen molar-refractivity contribution >= 4 is 17.1 Å². The number of fused-ring (bicyclic) bond motifs is 1. The van der Waals surface area contributed by atoms with E-state index in [1.54, 1.807) is 16.8 Å². The average Bonchev–Trinajstić information content (AvgIpc) is 3.55. The van der Waals surface area contributed by atoms with Crippen molar-refractivity contribution in [2.75, 3.05) is 18.0 Å². The maximum Gasteiger partial charge on any atom is 0.416 e. The summed E-state index contributed by atoms with van der Waals surface area (Å²) in [6, 6.07) is 5.10. The second-order valence-corrected chi connectivity index (χ2v) is 8.67. The number of aliphatic hydroxyl groups excluding tert-OH is 1. The Morgan fingerprint density at radius 2 is 2.09 bits per heavy atom. The van der Waals surface area contributed by atoms with Gasteiger partial charge in [0.15, 0.2) is 11.2 Å². The fourth-order valence-corrected chi connectivity index (χ4v) is 4.31. The van der Waals surface area contributed by atoms with Crippen LogP contribution in [0.1, 0.15) is 30.9 Å². The molecule has 1 unspecified atom stereocenters. The van der Waals surface area contributed by atoms with E-state index in [0.717, 1.165) is 18.6 Å². The predicted octanol–water partition coefficient (Wildman–Crippen LogP) is 3.03. The van der Waals surface area contributed by atoms with Gasteiger partial charge in [0.2, 0.25) is 5.95 Å². The van der Waals surface area contributed by atoms with Gasteiger partial charge in [-0.25, -0.2) is 4.98 Å². The monoisotopic (exact) mass is 487 g/mol. The van der Waals surface area contributed by atoms with Gasteiger partial charge >= 0.3 is 6.18 Å². The standard InChI is InChI=1S/C23H24F3N7O2/c1-2-7-33-21(35)18-20(30-22(33)31-8-6-17(34)13-31)29-19(28-18)15-10-27-32(12-15)11-14-4-3-5-16(9-14)23(24,25)26/h3-5,9-10,12,17,34H,2,6-8,11,13H2,1H3,(H,28,29). The first-order valence-electron chi connectivity index (χ1n) is 11.4. The normalized spacial score (nSPS) is 16.5. The Morgan fingerprint density at radius 3 is 2.80 bits per heavy atom. The van der Waals surface area contributed by atoms with Crippen LogP contribution in [-0.2, 0) is 19.3 Å². The van der Waals surface area contributed by atoms with Gasteiger partial charge < -0.3 is 15.0 Å². The summed E-state index contributed by atoms with van der Waals surface area (Å²) in [5.74, 6) is 0.876. The molecule has 5 rings (SSSR count). The van der Waals surface area contributed by atoms with Gasteiger partial charge in [-0.2, -0.15) is 23.3 Å². The van der Waals surface area contributed by atoms with Crippen LogP contribution < -0.4 is 10.5 Å². The van der Waals surface area contributed by atoms with Crippen molar-refractivity contribution in [2.45, 2.75) is 45.1 Å². The Kier molecular flexibility index (Phi) is 5.83. The van der Waals surface area contributed by atoms with Crippen LogP contribution in [0.3, 0.4) is 0 Å². The van der Waals surface area contributed by atoms with E-state index < -0.39 is 17.8 Å². The van der Waals surface area contributed by atoms with E-state index in [9.17, 15) is 23.1 Å². The van der Waals surface area contributed by atoms with Gasteiger partial charge in [0.1, 0.15) is 5.82 Å². The minimum atomic E-state index is -4.41. The number of alkyl halides is 3. The molecular formula is C23H24F3N7O2. The number of hydrogen-bond donors (Lipinski definition) is 2. The van der Waals surface area contributed by atoms with Crippen LogP contribution in [0.2, 0.25) is 0 Å². The third kappa shape index (κ3) is 4.53. The van der Waals surface area contributed by atoms with E-state index in [4.69, 9.17) is 0 Å². The van der Waals surface area contributed by atoms with Crippen molar-refractivity contribution in [2.24, 2.45) is 0 Å². The van der Waals surface area contributed by atoms with Gasteiger partial charge in [0.05, 0.1) is 30.0 Å². The molecule has 4 aromatic rings. The molecule has 1 aliphatic heterocycles. The Bertz CT molecular complexity index is 1420. The molecule has 0 bridgehead atoms. The lowest BCUT2D eigenvalue weighted by Gasteiger charge is -2.20. The van der Waals surface area contributed by atoms with Crippen molar-refractivity contribution in [3.8, 4) is 11.4 Å². The highest BCUT2D eigenvalue weighted by Gasteiger charge is 2.30. The van der Waals surface area contributed by atoms with Crippen molar-refractivity contribution in [1.82, 2.24) is 29.3 Å². The third-order valence-electron chi connectivity index (χ3n) is 5.99. The zero-order valence-corrected chi connectivity index (χ0v) is 19.0. The number of rotatable bonds is 6. The number of nitrogens with one attached hydrogen (secondary N) is 1. The summed E-state index contributed by atoms with van der Waals surface area (Å²) >= 11 is 0. The molecule has 35 heavy (non-hydrogen) atoms. The van der Waals surface area contributed by atoms with E-state index in [-0.39, 0.29) is 23.3 Å². The number of aliphatic hydroxyl groups is 1. The van der Waals surface area contributed by atoms with Crippen LogP contribution in [0.5, 0.6) is 0 Å². The van der Waals surface area contributed by atoms with E-state index in [0.29, 0.717) is 49.0 Å². The molecule has 1 fully saturated rings. The number of nitrogens with zero attached hydrogens (tertiary/aromatic N) is 6. The summed E-state index contributed by atoms with van der Waals surface area (Å²) in [6.07, 6.45) is -0.344. The highest BCUT2D eigenvalue weighted by Crippen LogP contribution is 2.30. The van der Waals surface area contributed by atoms with Crippen molar-refractivity contribution in [3.05, 3.63) is 58.1 Å². The number of benzene rings is 1. The molecule has 1 atom stereocenters. The van der Waals surface area contributed by atoms with Crippen LogP contribution in [0.15, 0.2) is 41.5 Å². The molecule has 1 saturated heterocycles. The van der Waals surface area contributed by atoms with Crippen LogP contribution in [0.4, 0.5) is 19.1 Å². The molecule has 3 aromatic heterocycles. The van der Waals surface area contributed by atoms with Crippen molar-refractivity contribution in [1.29, 1.82) is 0 Å². The predicted molar refractivity (Wildman–Crippen MR) is 123 cm³/mol. The molecule has 0 spiro atoms. The minimum Gasteiger partial charge on any atom is -0.391 e. The zero-order valence-electron chi connectivity index (χ0n) is 19.0. The van der Waals surface area contributed by atoms with Crippen LogP contribution in [0.25, 0.3) is 22.6 Å². The number of anilines is 1. The van der Waals surface area contributed by atoms with Gasteiger partial charge in [-0.05, 0) is 30.5 Å². The largest absolute Gasteiger partial charge is 0.416 e. The average molecular weight is 487 g/mol. The summed E-state index contributed by atoms with van der Waals surface area (Å²) in [6.45, 7) is 3.60. The molecule has 4 heterocycles. The Hall–Kier alpha value is -3.67. The van der Waals surface area contributed by atoms with Gasteiger partial charge in [-0.1, -0.05) is 19.1 Å². The number of halogens is 3. The van der Waals surface area contributed by atoms with Gasteiger partial charge in [-0.15, -0.1) is 0 Å². The minimum absolute atomic E-state index is 0.146. The number of imidazole rings is 1. The first-order chi connectivity index (χ1) is 16.7. The van der Waals surface area contributed by atoms with Crippen LogP contribution in [-0.4, -0.2) is 53.6 Å². The lowest BCUT2D eigenvalue weighted by Crippen LogP contribution is -2.32. The van der Waals surface area contributed by atoms with Crippen molar-refractivity contribution in [3.63, 3.8) is 0 Å². The molecule has 184 valence electrons. The van der Waals surface area contributed by atoms with Crippen LogP contribution >= 0.6 is 0 Å². The smallest absolute Gasteiger partial charge is 0.391 e. The lowest BCUT2D eigenvalue weighted by atomic mass is 10.1. The summed E-state index contributed by atoms with van der Waals surface area (Å²) in [5, 5.41) is 14.2. The van der Waals surface area contributed by atoms with Gasteiger partial charge in [0, 0.05) is 25.8 Å². The fraction of sp³-hybridized carbons (Fsp3) is 0.391. The Morgan fingerprint density at radius 1 is 1.26 bits per heavy atom. The Labute approximate surface area is 197 Å². The molecule has 1 aliphatic rings. The van der Waals surface area contributed by atoms with E-state index in [2.05, 4.69) is 20.1 Å². The van der Waals surface area contributed by atoms with E-state index in [1.165, 1.54) is 16.9 Å². The third-order valence-corrected chi connectivity index (χ3v) is 5.99. The van der Waals surface area contributed by atoms with Gasteiger partial charge in [0.25, 0.3) is 5.56 Å². The summed E-state index contributed by atoms with van der Waals surface area (Å²) in [7, 11) is 0. The fourth-order valence-electron chi connectivity index (χ4n) is 4.31. The second kappa shape index (κ2) is 8.84. The first-order valence-corrected chi connectivity index (χ1v) is 11.4. The number of aromatic amines is 1. The molecule has 0 radical (unpaired) electrons. The number of β-amino-alcohol motifs (C(OH)–C–C–N with tert-alkyl or cyclic N) is 1. The molecular weight excluding hydrogens is 463 g/mol.